The molecule has 0 aromatic heterocycles. The van der Waals surface area contributed by atoms with Crippen LogP contribution in [0, 0.1) is 5.92 Å². The Morgan fingerprint density at radius 2 is 1.94 bits per heavy atom. The number of fused-ring (bicyclic) bond motifs is 1. The van der Waals surface area contributed by atoms with E-state index in [2.05, 4.69) is 15.5 Å². The lowest BCUT2D eigenvalue weighted by molar-refractivity contribution is -0.136. The fourth-order valence-corrected chi connectivity index (χ4v) is 5.74. The van der Waals surface area contributed by atoms with E-state index in [1.165, 1.54) is 0 Å². The van der Waals surface area contributed by atoms with Gasteiger partial charge in [0, 0.05) is 31.6 Å². The number of carbonyl (C=O) groups is 3. The molecule has 31 heavy (non-hydrogen) atoms. The van der Waals surface area contributed by atoms with E-state index in [1.54, 1.807) is 4.90 Å². The summed E-state index contributed by atoms with van der Waals surface area (Å²) in [4.78, 5) is 41.0. The fourth-order valence-electron chi connectivity index (χ4n) is 5.74. The average molecular weight is 427 g/mol. The summed E-state index contributed by atoms with van der Waals surface area (Å²) in [5.41, 5.74) is 2.09. The van der Waals surface area contributed by atoms with Crippen LogP contribution in [0.25, 0.3) is 0 Å². The molecule has 0 spiro atoms. The minimum atomic E-state index is -0.582. The van der Waals surface area contributed by atoms with Crippen LogP contribution in [-0.2, 0) is 22.7 Å². The maximum absolute atomic E-state index is 13.3. The van der Waals surface area contributed by atoms with E-state index in [0.29, 0.717) is 37.5 Å². The zero-order valence-corrected chi connectivity index (χ0v) is 17.7. The van der Waals surface area contributed by atoms with Gasteiger partial charge in [-0.05, 0) is 62.4 Å². The number of piperidine rings is 2. The Bertz CT molecular complexity index is 903. The Hall–Kier alpha value is -2.29. The van der Waals surface area contributed by atoms with Crippen molar-refractivity contribution in [3.05, 3.63) is 34.9 Å². The van der Waals surface area contributed by atoms with E-state index in [9.17, 15) is 19.5 Å². The number of nitrogens with zero attached hydrogens (tertiary/aromatic N) is 2. The van der Waals surface area contributed by atoms with E-state index in [1.807, 2.05) is 18.2 Å². The van der Waals surface area contributed by atoms with Crippen molar-refractivity contribution in [3.8, 4) is 0 Å². The van der Waals surface area contributed by atoms with Gasteiger partial charge in [0.15, 0.2) is 0 Å². The second-order valence-electron chi connectivity index (χ2n) is 9.43. The van der Waals surface area contributed by atoms with Crippen LogP contribution in [-0.4, -0.2) is 70.4 Å². The molecular weight excluding hydrogens is 396 g/mol. The third-order valence-corrected chi connectivity index (χ3v) is 7.55. The predicted octanol–water partition coefficient (Wildman–Crippen LogP) is 0.384. The molecule has 3 saturated heterocycles. The predicted molar refractivity (Wildman–Crippen MR) is 113 cm³/mol. The van der Waals surface area contributed by atoms with Crippen molar-refractivity contribution in [2.45, 2.75) is 56.8 Å². The number of likely N-dealkylation sites (tertiary alicyclic amines) is 1. The highest BCUT2D eigenvalue weighted by atomic mass is 16.3. The normalized spacial score (nSPS) is 30.0. The van der Waals surface area contributed by atoms with Crippen molar-refractivity contribution in [1.82, 2.24) is 20.4 Å². The quantitative estimate of drug-likeness (QED) is 0.602. The number of hydrogen-bond donors (Lipinski definition) is 3. The first-order valence-corrected chi connectivity index (χ1v) is 11.4. The van der Waals surface area contributed by atoms with Crippen LogP contribution < -0.4 is 10.6 Å². The van der Waals surface area contributed by atoms with E-state index in [4.69, 9.17) is 0 Å². The van der Waals surface area contributed by atoms with Crippen LogP contribution in [0.15, 0.2) is 18.2 Å². The maximum atomic E-state index is 13.3. The van der Waals surface area contributed by atoms with Gasteiger partial charge in [-0.1, -0.05) is 18.2 Å². The molecule has 3 fully saturated rings. The van der Waals surface area contributed by atoms with E-state index >= 15 is 0 Å². The molecule has 2 unspecified atom stereocenters. The van der Waals surface area contributed by atoms with Gasteiger partial charge >= 0.3 is 0 Å². The number of β-amino-alcohol motifs (C(OH)–C–C–N with tert-alkyl or cyclic N) is 1. The van der Waals surface area contributed by atoms with Crippen LogP contribution in [0.4, 0.5) is 0 Å². The molecule has 0 bridgehead atoms. The van der Waals surface area contributed by atoms with Gasteiger partial charge in [-0.3, -0.25) is 24.6 Å². The lowest BCUT2D eigenvalue weighted by atomic mass is 9.80. The lowest BCUT2D eigenvalue weighted by Crippen LogP contribution is -2.52. The number of nitrogens with one attached hydrogen (secondary N) is 2. The van der Waals surface area contributed by atoms with Crippen molar-refractivity contribution >= 4 is 17.7 Å². The second kappa shape index (κ2) is 8.00. The SMILES string of the molecule is O=C1CCC(N2Cc3cccc(CN4CCC(C5(O)CCNC5)CC4)c3C2=O)C(=O)N1. The molecule has 1 aromatic carbocycles. The van der Waals surface area contributed by atoms with Gasteiger partial charge in [-0.15, -0.1) is 0 Å². The smallest absolute Gasteiger partial charge is 0.255 e. The molecule has 5 rings (SSSR count). The third kappa shape index (κ3) is 3.77. The molecule has 4 aliphatic heterocycles. The van der Waals surface area contributed by atoms with Gasteiger partial charge in [-0.2, -0.15) is 0 Å². The summed E-state index contributed by atoms with van der Waals surface area (Å²) >= 11 is 0. The Kier molecular flexibility index (Phi) is 5.32. The molecule has 2 atom stereocenters. The summed E-state index contributed by atoms with van der Waals surface area (Å²) < 4.78 is 0. The van der Waals surface area contributed by atoms with E-state index in [0.717, 1.165) is 50.0 Å². The van der Waals surface area contributed by atoms with E-state index < -0.39 is 11.6 Å². The summed E-state index contributed by atoms with van der Waals surface area (Å²) in [5, 5.41) is 16.5. The van der Waals surface area contributed by atoms with Crippen molar-refractivity contribution in [3.63, 3.8) is 0 Å². The summed E-state index contributed by atoms with van der Waals surface area (Å²) in [6, 6.07) is 5.36. The van der Waals surface area contributed by atoms with Gasteiger partial charge in [0.05, 0.1) is 5.60 Å². The monoisotopic (exact) mass is 426 g/mol. The van der Waals surface area contributed by atoms with Gasteiger partial charge in [0.1, 0.15) is 6.04 Å². The summed E-state index contributed by atoms with van der Waals surface area (Å²) in [6.45, 7) is 4.49. The van der Waals surface area contributed by atoms with Gasteiger partial charge in [0.25, 0.3) is 5.91 Å². The number of aliphatic hydroxyl groups is 1. The minimum Gasteiger partial charge on any atom is -0.388 e. The molecule has 0 aliphatic carbocycles. The topological polar surface area (TPSA) is 102 Å². The molecule has 1 aromatic rings. The second-order valence-corrected chi connectivity index (χ2v) is 9.43. The molecule has 8 heteroatoms. The van der Waals surface area contributed by atoms with Gasteiger partial charge in [0.2, 0.25) is 11.8 Å². The fraction of sp³-hybridized carbons (Fsp3) is 0.609. The Balaban J connectivity index is 1.26. The summed E-state index contributed by atoms with van der Waals surface area (Å²) in [7, 11) is 0. The molecular formula is C23H30N4O4. The molecule has 3 amide bonds. The van der Waals surface area contributed by atoms with Crippen molar-refractivity contribution in [2.24, 2.45) is 5.92 Å². The first-order chi connectivity index (χ1) is 14.9. The number of amides is 3. The van der Waals surface area contributed by atoms with Crippen LogP contribution in [0.5, 0.6) is 0 Å². The Morgan fingerprint density at radius 3 is 2.65 bits per heavy atom. The zero-order chi connectivity index (χ0) is 21.6. The lowest BCUT2D eigenvalue weighted by Gasteiger charge is -2.39. The highest BCUT2D eigenvalue weighted by Crippen LogP contribution is 2.34. The Labute approximate surface area is 182 Å². The maximum Gasteiger partial charge on any atom is 0.255 e. The number of benzene rings is 1. The van der Waals surface area contributed by atoms with Crippen molar-refractivity contribution in [2.75, 3.05) is 26.2 Å². The van der Waals surface area contributed by atoms with Crippen molar-refractivity contribution in [1.29, 1.82) is 0 Å². The number of imide groups is 1. The van der Waals surface area contributed by atoms with Gasteiger partial charge < -0.3 is 15.3 Å². The number of rotatable bonds is 4. The highest BCUT2D eigenvalue weighted by Gasteiger charge is 2.42. The molecule has 3 N–H and O–H groups in total. The molecule has 0 saturated carbocycles. The largest absolute Gasteiger partial charge is 0.388 e. The van der Waals surface area contributed by atoms with Crippen molar-refractivity contribution < 1.29 is 19.5 Å². The first-order valence-electron chi connectivity index (χ1n) is 11.4. The number of carbonyl (C=O) groups excluding carboxylic acids is 3. The van der Waals surface area contributed by atoms with Gasteiger partial charge in [-0.25, -0.2) is 0 Å². The van der Waals surface area contributed by atoms with E-state index in [-0.39, 0.29) is 24.1 Å². The first kappa shape index (κ1) is 20.6. The molecule has 8 nitrogen and oxygen atoms in total. The standard InChI is InChI=1S/C23H30N4O4/c28-19-5-4-18(21(29)25-19)27-13-16-3-1-2-15(20(16)22(27)30)12-26-10-6-17(7-11-26)23(31)8-9-24-14-23/h1-3,17-18,24,31H,4-14H2,(H,25,28,29). The Morgan fingerprint density at radius 1 is 1.13 bits per heavy atom. The van der Waals surface area contributed by atoms with Crippen LogP contribution in [0.1, 0.15) is 53.6 Å². The van der Waals surface area contributed by atoms with Crippen LogP contribution in [0.2, 0.25) is 0 Å². The number of hydrogen-bond acceptors (Lipinski definition) is 6. The molecule has 166 valence electrons. The average Bonchev–Trinajstić information content (AvgIpc) is 3.34. The highest BCUT2D eigenvalue weighted by molar-refractivity contribution is 6.05. The summed E-state index contributed by atoms with van der Waals surface area (Å²) in [6.07, 6.45) is 3.40. The molecule has 0 radical (unpaired) electrons. The summed E-state index contributed by atoms with van der Waals surface area (Å²) in [5.74, 6) is -0.431. The molecule has 4 heterocycles. The minimum absolute atomic E-state index is 0.110. The third-order valence-electron chi connectivity index (χ3n) is 7.55. The molecule has 4 aliphatic rings. The zero-order valence-electron chi connectivity index (χ0n) is 17.7. The van der Waals surface area contributed by atoms with Crippen LogP contribution in [0.3, 0.4) is 0 Å². The van der Waals surface area contributed by atoms with Crippen LogP contribution >= 0.6 is 0 Å².